The van der Waals surface area contributed by atoms with Gasteiger partial charge in [0.05, 0.1) is 32.2 Å². The van der Waals surface area contributed by atoms with Crippen molar-refractivity contribution >= 4 is 45.7 Å². The first-order chi connectivity index (χ1) is 17.9. The molecule has 3 aromatic rings. The molecule has 38 heavy (non-hydrogen) atoms. The number of anilines is 1. The summed E-state index contributed by atoms with van der Waals surface area (Å²) in [5, 5.41) is 0.677. The Labute approximate surface area is 234 Å². The van der Waals surface area contributed by atoms with Crippen LogP contribution >= 0.6 is 23.2 Å². The molecule has 0 saturated carbocycles. The van der Waals surface area contributed by atoms with Crippen molar-refractivity contribution < 1.29 is 8.95 Å². The number of hydrogen-bond acceptors (Lipinski definition) is 6. The first kappa shape index (κ1) is 26.8. The van der Waals surface area contributed by atoms with E-state index in [2.05, 4.69) is 9.88 Å². The molecule has 1 fully saturated rings. The van der Waals surface area contributed by atoms with Crippen LogP contribution in [-0.2, 0) is 11.0 Å². The lowest BCUT2D eigenvalue weighted by Crippen LogP contribution is -2.51. The van der Waals surface area contributed by atoms with Crippen LogP contribution in [0.1, 0.15) is 50.6 Å². The predicted molar refractivity (Wildman–Crippen MR) is 153 cm³/mol. The monoisotopic (exact) mass is 573 g/mol. The van der Waals surface area contributed by atoms with Gasteiger partial charge in [-0.3, -0.25) is 14.3 Å². The number of fused-ring (bicyclic) bond motifs is 1. The van der Waals surface area contributed by atoms with E-state index in [1.54, 1.807) is 44.4 Å². The lowest BCUT2D eigenvalue weighted by atomic mass is 9.85. The molecular weight excluding hydrogens is 545 g/mol. The molecule has 0 N–H and O–H groups in total. The molecule has 0 aliphatic carbocycles. The third kappa shape index (κ3) is 4.54. The van der Waals surface area contributed by atoms with Crippen LogP contribution < -0.4 is 15.2 Å². The molecule has 0 bridgehead atoms. The fraction of sp³-hybridized carbons (Fsp3) is 0.407. The molecule has 2 aliphatic heterocycles. The second kappa shape index (κ2) is 9.77. The Kier molecular flexibility index (Phi) is 6.90. The molecule has 2 aliphatic rings. The molecule has 1 atom stereocenters. The lowest BCUT2D eigenvalue weighted by molar-refractivity contribution is 0.124. The van der Waals surface area contributed by atoms with E-state index < -0.39 is 21.3 Å². The summed E-state index contributed by atoms with van der Waals surface area (Å²) in [5.41, 5.74) is 1.64. The molecule has 0 amide bonds. The van der Waals surface area contributed by atoms with Gasteiger partial charge in [0.15, 0.2) is 5.60 Å². The fourth-order valence-corrected chi connectivity index (χ4v) is 5.97. The van der Waals surface area contributed by atoms with Crippen molar-refractivity contribution in [1.29, 1.82) is 0 Å². The highest BCUT2D eigenvalue weighted by atomic mass is 35.5. The minimum Gasteiger partial charge on any atom is -0.478 e. The number of pyridine rings is 1. The van der Waals surface area contributed by atoms with Gasteiger partial charge in [-0.15, -0.1) is 0 Å². The van der Waals surface area contributed by atoms with Crippen molar-refractivity contribution in [3.8, 4) is 11.4 Å². The predicted octanol–water partition coefficient (Wildman–Crippen LogP) is 5.23. The number of ether oxygens (including phenoxy) is 1. The Balaban J connectivity index is 1.47. The van der Waals surface area contributed by atoms with Crippen molar-refractivity contribution in [3.63, 3.8) is 0 Å². The summed E-state index contributed by atoms with van der Waals surface area (Å²) in [4.78, 5) is 24.6. The third-order valence-electron chi connectivity index (χ3n) is 6.97. The summed E-state index contributed by atoms with van der Waals surface area (Å²) >= 11 is 12.6. The minimum atomic E-state index is -1.44. The van der Waals surface area contributed by atoms with Gasteiger partial charge in [-0.1, -0.05) is 29.3 Å². The van der Waals surface area contributed by atoms with E-state index >= 15 is 0 Å². The highest BCUT2D eigenvalue weighted by Crippen LogP contribution is 2.42. The zero-order valence-electron chi connectivity index (χ0n) is 21.9. The maximum absolute atomic E-state index is 13.5. The van der Waals surface area contributed by atoms with Crippen LogP contribution in [0.5, 0.6) is 5.75 Å². The first-order valence-electron chi connectivity index (χ1n) is 12.4. The smallest absolute Gasteiger partial charge is 0.263 e. The van der Waals surface area contributed by atoms with E-state index in [1.807, 2.05) is 26.8 Å². The standard InChI is InChI=1S/C27H29Cl2N5O3S/c1-16-24(31-17(2)34(25(16)35)20-8-6-7-19(28)22(20)29)33-13-10-27(11-14-33)23(32-38(36)26(3,4)5)18-9-12-30-15-21(18)37-27/h6-9,12,15H,10-11,13-14H2,1-5H3. The largest absolute Gasteiger partial charge is 0.478 e. The number of rotatable bonds is 3. The molecule has 5 rings (SSSR count). The van der Waals surface area contributed by atoms with Gasteiger partial charge >= 0.3 is 0 Å². The first-order valence-corrected chi connectivity index (χ1v) is 14.2. The molecule has 4 heterocycles. The van der Waals surface area contributed by atoms with E-state index in [0.717, 1.165) is 5.56 Å². The fourth-order valence-electron chi connectivity index (χ4n) is 4.89. The average molecular weight is 575 g/mol. The molecule has 1 unspecified atom stereocenters. The minimum absolute atomic E-state index is 0.199. The van der Waals surface area contributed by atoms with E-state index in [4.69, 9.17) is 37.3 Å². The second-order valence-corrected chi connectivity index (χ2v) is 13.3. The molecular formula is C27H29Cl2N5O3S. The Hall–Kier alpha value is -2.75. The van der Waals surface area contributed by atoms with Gasteiger partial charge < -0.3 is 9.64 Å². The summed E-state index contributed by atoms with van der Waals surface area (Å²) in [6.07, 6.45) is 4.56. The van der Waals surface area contributed by atoms with Crippen molar-refractivity contribution in [3.05, 3.63) is 74.0 Å². The van der Waals surface area contributed by atoms with Crippen molar-refractivity contribution in [2.45, 2.75) is 57.8 Å². The zero-order valence-corrected chi connectivity index (χ0v) is 24.2. The number of hydrogen-bond donors (Lipinski definition) is 0. The number of halogens is 2. The second-order valence-electron chi connectivity index (χ2n) is 10.6. The van der Waals surface area contributed by atoms with Crippen molar-refractivity contribution in [2.24, 2.45) is 4.40 Å². The number of piperidine rings is 1. The Morgan fingerprint density at radius 2 is 1.84 bits per heavy atom. The van der Waals surface area contributed by atoms with Crippen molar-refractivity contribution in [1.82, 2.24) is 14.5 Å². The summed E-state index contributed by atoms with van der Waals surface area (Å²) in [6, 6.07) is 7.05. The normalized spacial score (nSPS) is 18.5. The zero-order chi connectivity index (χ0) is 27.4. The molecule has 1 saturated heterocycles. The third-order valence-corrected chi connectivity index (χ3v) is 9.17. The maximum atomic E-state index is 13.5. The topological polar surface area (TPSA) is 89.7 Å². The average Bonchev–Trinajstić information content (AvgIpc) is 3.16. The van der Waals surface area contributed by atoms with Gasteiger partial charge in [0.2, 0.25) is 0 Å². The molecule has 200 valence electrons. The summed E-state index contributed by atoms with van der Waals surface area (Å²) < 4.78 is 25.2. The highest BCUT2D eigenvalue weighted by molar-refractivity contribution is 7.85. The number of aryl methyl sites for hydroxylation is 1. The number of nitrogens with zero attached hydrogens (tertiary/aromatic N) is 5. The van der Waals surface area contributed by atoms with Crippen molar-refractivity contribution in [2.75, 3.05) is 18.0 Å². The van der Waals surface area contributed by atoms with Crippen LogP contribution in [0.15, 0.2) is 45.9 Å². The van der Waals surface area contributed by atoms with Crippen LogP contribution in [0.4, 0.5) is 5.82 Å². The van der Waals surface area contributed by atoms with Crippen LogP contribution in [0.3, 0.4) is 0 Å². The Morgan fingerprint density at radius 1 is 1.13 bits per heavy atom. The number of aromatic nitrogens is 3. The lowest BCUT2D eigenvalue weighted by Gasteiger charge is -2.39. The van der Waals surface area contributed by atoms with Gasteiger partial charge in [-0.05, 0) is 52.8 Å². The van der Waals surface area contributed by atoms with Crippen LogP contribution in [-0.4, -0.2) is 47.9 Å². The van der Waals surface area contributed by atoms with Crippen LogP contribution in [0, 0.1) is 13.8 Å². The summed E-state index contributed by atoms with van der Waals surface area (Å²) in [7, 11) is -1.44. The number of benzene rings is 1. The van der Waals surface area contributed by atoms with Gasteiger partial charge in [0, 0.05) is 37.7 Å². The van der Waals surface area contributed by atoms with Gasteiger partial charge in [0.25, 0.3) is 5.56 Å². The van der Waals surface area contributed by atoms with Gasteiger partial charge in [-0.2, -0.15) is 4.40 Å². The Bertz CT molecular complexity index is 1540. The molecule has 11 heteroatoms. The SMILES string of the molecule is Cc1c(N2CCC3(CC2)Oc2cnccc2C3=NS(=O)C(C)(C)C)nc(C)n(-c2cccc(Cl)c2Cl)c1=O. The quantitative estimate of drug-likeness (QED) is 0.426. The maximum Gasteiger partial charge on any atom is 0.263 e. The van der Waals surface area contributed by atoms with E-state index in [9.17, 15) is 9.00 Å². The van der Waals surface area contributed by atoms with E-state index in [-0.39, 0.29) is 5.56 Å². The molecule has 8 nitrogen and oxygen atoms in total. The van der Waals surface area contributed by atoms with Crippen LogP contribution in [0.2, 0.25) is 10.0 Å². The summed E-state index contributed by atoms with van der Waals surface area (Å²) in [6.45, 7) is 10.4. The highest BCUT2D eigenvalue weighted by Gasteiger charge is 2.49. The molecule has 1 aromatic carbocycles. The van der Waals surface area contributed by atoms with E-state index in [1.165, 1.54) is 4.57 Å². The molecule has 0 radical (unpaired) electrons. The van der Waals surface area contributed by atoms with E-state index in [0.29, 0.717) is 70.3 Å². The Morgan fingerprint density at radius 3 is 2.53 bits per heavy atom. The summed E-state index contributed by atoms with van der Waals surface area (Å²) in [5.74, 6) is 1.79. The molecule has 2 aromatic heterocycles. The van der Waals surface area contributed by atoms with Gasteiger partial charge in [-0.25, -0.2) is 9.19 Å². The molecule has 1 spiro atoms. The van der Waals surface area contributed by atoms with Crippen LogP contribution in [0.25, 0.3) is 5.69 Å². The van der Waals surface area contributed by atoms with Gasteiger partial charge in [0.1, 0.15) is 34.1 Å².